The van der Waals surface area contributed by atoms with E-state index in [1.54, 1.807) is 0 Å². The largest absolute Gasteiger partial charge is 0.374 e. The van der Waals surface area contributed by atoms with Gasteiger partial charge in [0.05, 0.1) is 0 Å². The number of hydrogen-bond acceptors (Lipinski definition) is 2. The van der Waals surface area contributed by atoms with E-state index in [2.05, 4.69) is 23.2 Å². The van der Waals surface area contributed by atoms with Gasteiger partial charge in [-0.25, -0.2) is 0 Å². The number of nitrogens with one attached hydrogen (secondary N) is 1. The van der Waals surface area contributed by atoms with E-state index in [1.165, 1.54) is 11.1 Å². The molecule has 110 valence electrons. The lowest BCUT2D eigenvalue weighted by Crippen LogP contribution is -2.28. The first kappa shape index (κ1) is 15.1. The highest BCUT2D eigenvalue weighted by Gasteiger charge is 2.05. The Morgan fingerprint density at radius 2 is 1.71 bits per heavy atom. The Morgan fingerprint density at radius 1 is 1.05 bits per heavy atom. The summed E-state index contributed by atoms with van der Waals surface area (Å²) in [5, 5.41) is 2.98. The van der Waals surface area contributed by atoms with Crippen LogP contribution >= 0.6 is 0 Å². The lowest BCUT2D eigenvalue weighted by Gasteiger charge is -2.18. The summed E-state index contributed by atoms with van der Waals surface area (Å²) in [5.74, 6) is 0.0843. The SMILES string of the molecule is Cc1ccccc1CNC(=O)CCN(C)c1ccccc1. The lowest BCUT2D eigenvalue weighted by atomic mass is 10.1. The van der Waals surface area contributed by atoms with Crippen molar-refractivity contribution >= 4 is 11.6 Å². The molecule has 0 saturated heterocycles. The second-order valence-electron chi connectivity index (χ2n) is 5.21. The van der Waals surface area contributed by atoms with Gasteiger partial charge < -0.3 is 10.2 Å². The minimum absolute atomic E-state index is 0.0843. The second-order valence-corrected chi connectivity index (χ2v) is 5.21. The molecule has 0 atom stereocenters. The van der Waals surface area contributed by atoms with E-state index >= 15 is 0 Å². The van der Waals surface area contributed by atoms with Crippen molar-refractivity contribution in [2.75, 3.05) is 18.5 Å². The van der Waals surface area contributed by atoms with Gasteiger partial charge in [0, 0.05) is 32.2 Å². The number of anilines is 1. The van der Waals surface area contributed by atoms with Crippen LogP contribution in [0.2, 0.25) is 0 Å². The summed E-state index contributed by atoms with van der Waals surface area (Å²) < 4.78 is 0. The van der Waals surface area contributed by atoms with Crippen molar-refractivity contribution in [1.29, 1.82) is 0 Å². The Kier molecular flexibility index (Phi) is 5.38. The summed E-state index contributed by atoms with van der Waals surface area (Å²) in [5.41, 5.74) is 3.51. The van der Waals surface area contributed by atoms with Gasteiger partial charge in [-0.05, 0) is 30.2 Å². The van der Waals surface area contributed by atoms with E-state index in [4.69, 9.17) is 0 Å². The van der Waals surface area contributed by atoms with E-state index < -0.39 is 0 Å². The van der Waals surface area contributed by atoms with E-state index in [0.717, 1.165) is 5.69 Å². The lowest BCUT2D eigenvalue weighted by molar-refractivity contribution is -0.121. The van der Waals surface area contributed by atoms with Crippen LogP contribution in [0, 0.1) is 6.92 Å². The molecule has 0 spiro atoms. The Morgan fingerprint density at radius 3 is 2.43 bits per heavy atom. The van der Waals surface area contributed by atoms with Crippen LogP contribution in [0.4, 0.5) is 5.69 Å². The van der Waals surface area contributed by atoms with Crippen molar-refractivity contribution in [1.82, 2.24) is 5.32 Å². The number of rotatable bonds is 6. The van der Waals surface area contributed by atoms with Crippen LogP contribution in [-0.4, -0.2) is 19.5 Å². The number of carbonyl (C=O) groups is 1. The predicted octanol–water partition coefficient (Wildman–Crippen LogP) is 3.14. The molecule has 0 fully saturated rings. The number of amides is 1. The van der Waals surface area contributed by atoms with Crippen molar-refractivity contribution < 1.29 is 4.79 Å². The van der Waals surface area contributed by atoms with E-state index in [9.17, 15) is 4.79 Å². The smallest absolute Gasteiger partial charge is 0.222 e. The summed E-state index contributed by atoms with van der Waals surface area (Å²) in [6, 6.07) is 18.2. The van der Waals surface area contributed by atoms with Gasteiger partial charge in [0.1, 0.15) is 0 Å². The first-order valence-corrected chi connectivity index (χ1v) is 7.24. The fourth-order valence-electron chi connectivity index (χ4n) is 2.17. The van der Waals surface area contributed by atoms with Gasteiger partial charge >= 0.3 is 0 Å². The Hall–Kier alpha value is -2.29. The number of aryl methyl sites for hydroxylation is 1. The summed E-state index contributed by atoms with van der Waals surface area (Å²) in [6.07, 6.45) is 0.497. The fourth-order valence-corrected chi connectivity index (χ4v) is 2.17. The number of carbonyl (C=O) groups excluding carboxylic acids is 1. The molecular weight excluding hydrogens is 260 g/mol. The number of hydrogen-bond donors (Lipinski definition) is 1. The maximum absolute atomic E-state index is 11.9. The monoisotopic (exact) mass is 282 g/mol. The van der Waals surface area contributed by atoms with E-state index in [0.29, 0.717) is 19.5 Å². The van der Waals surface area contributed by atoms with Crippen LogP contribution in [0.25, 0.3) is 0 Å². The highest BCUT2D eigenvalue weighted by atomic mass is 16.1. The van der Waals surface area contributed by atoms with Gasteiger partial charge in [-0.15, -0.1) is 0 Å². The Labute approximate surface area is 126 Å². The predicted molar refractivity (Wildman–Crippen MR) is 87.4 cm³/mol. The van der Waals surface area contributed by atoms with Gasteiger partial charge in [0.2, 0.25) is 5.91 Å². The summed E-state index contributed by atoms with van der Waals surface area (Å²) in [7, 11) is 2.00. The number of benzene rings is 2. The molecule has 0 bridgehead atoms. The van der Waals surface area contributed by atoms with Crippen LogP contribution in [0.3, 0.4) is 0 Å². The molecule has 0 unspecified atom stereocenters. The molecule has 0 aliphatic carbocycles. The minimum atomic E-state index is 0.0843. The van der Waals surface area contributed by atoms with Crippen LogP contribution in [0.15, 0.2) is 54.6 Å². The molecule has 0 aliphatic rings. The zero-order valence-electron chi connectivity index (χ0n) is 12.7. The quantitative estimate of drug-likeness (QED) is 0.883. The molecule has 2 rings (SSSR count). The molecule has 0 heterocycles. The van der Waals surface area contributed by atoms with Crippen LogP contribution in [0.1, 0.15) is 17.5 Å². The summed E-state index contributed by atoms with van der Waals surface area (Å²) in [4.78, 5) is 14.0. The van der Waals surface area contributed by atoms with Gasteiger partial charge in [-0.1, -0.05) is 42.5 Å². The average molecular weight is 282 g/mol. The molecule has 0 aliphatic heterocycles. The fraction of sp³-hybridized carbons (Fsp3) is 0.278. The molecular formula is C18H22N2O. The normalized spacial score (nSPS) is 10.2. The molecule has 1 amide bonds. The first-order valence-electron chi connectivity index (χ1n) is 7.24. The van der Waals surface area contributed by atoms with Crippen molar-refractivity contribution in [3.63, 3.8) is 0 Å². The molecule has 3 heteroatoms. The molecule has 2 aromatic carbocycles. The van der Waals surface area contributed by atoms with Crippen LogP contribution in [-0.2, 0) is 11.3 Å². The minimum Gasteiger partial charge on any atom is -0.374 e. The molecule has 2 aromatic rings. The third-order valence-electron chi connectivity index (χ3n) is 3.61. The summed E-state index contributed by atoms with van der Waals surface area (Å²) in [6.45, 7) is 3.37. The van der Waals surface area contributed by atoms with Gasteiger partial charge in [-0.3, -0.25) is 4.79 Å². The third-order valence-corrected chi connectivity index (χ3v) is 3.61. The summed E-state index contributed by atoms with van der Waals surface area (Å²) >= 11 is 0. The van der Waals surface area contributed by atoms with Gasteiger partial charge in [-0.2, -0.15) is 0 Å². The number of nitrogens with zero attached hydrogens (tertiary/aromatic N) is 1. The molecule has 21 heavy (non-hydrogen) atoms. The number of para-hydroxylation sites is 1. The zero-order valence-corrected chi connectivity index (χ0v) is 12.7. The molecule has 3 nitrogen and oxygen atoms in total. The van der Waals surface area contributed by atoms with Crippen molar-refractivity contribution in [3.8, 4) is 0 Å². The molecule has 0 saturated carbocycles. The van der Waals surface area contributed by atoms with Crippen molar-refractivity contribution in [2.24, 2.45) is 0 Å². The zero-order chi connectivity index (χ0) is 15.1. The Bertz CT molecular complexity index is 581. The molecule has 1 N–H and O–H groups in total. The highest BCUT2D eigenvalue weighted by Crippen LogP contribution is 2.11. The van der Waals surface area contributed by atoms with Crippen LogP contribution in [0.5, 0.6) is 0 Å². The van der Waals surface area contributed by atoms with Crippen molar-refractivity contribution in [3.05, 3.63) is 65.7 Å². The first-order chi connectivity index (χ1) is 10.2. The standard InChI is InChI=1S/C18H22N2O/c1-15-8-6-7-9-16(15)14-19-18(21)12-13-20(2)17-10-4-3-5-11-17/h3-11H,12-14H2,1-2H3,(H,19,21). The topological polar surface area (TPSA) is 32.3 Å². The van der Waals surface area contributed by atoms with Crippen LogP contribution < -0.4 is 10.2 Å². The second kappa shape index (κ2) is 7.48. The molecule has 0 aromatic heterocycles. The average Bonchev–Trinajstić information content (AvgIpc) is 2.52. The third kappa shape index (κ3) is 4.63. The maximum Gasteiger partial charge on any atom is 0.222 e. The van der Waals surface area contributed by atoms with Crippen molar-refractivity contribution in [2.45, 2.75) is 19.9 Å². The van der Waals surface area contributed by atoms with E-state index in [1.807, 2.05) is 55.6 Å². The van der Waals surface area contributed by atoms with Gasteiger partial charge in [0.15, 0.2) is 0 Å². The van der Waals surface area contributed by atoms with Gasteiger partial charge in [0.25, 0.3) is 0 Å². The maximum atomic E-state index is 11.9. The molecule has 0 radical (unpaired) electrons. The highest BCUT2D eigenvalue weighted by molar-refractivity contribution is 5.76. The Balaban J connectivity index is 1.76. The van der Waals surface area contributed by atoms with E-state index in [-0.39, 0.29) is 5.91 Å².